The van der Waals surface area contributed by atoms with E-state index < -0.39 is 0 Å². The van der Waals surface area contributed by atoms with Gasteiger partial charge in [-0.15, -0.1) is 0 Å². The predicted molar refractivity (Wildman–Crippen MR) is 193 cm³/mol. The molecule has 4 rings (SSSR count). The summed E-state index contributed by atoms with van der Waals surface area (Å²) in [6, 6.07) is 0. The van der Waals surface area contributed by atoms with Crippen molar-refractivity contribution in [3.05, 3.63) is 23.8 Å². The third-order valence-corrected chi connectivity index (χ3v) is 13.7. The number of rotatable bonds is 19. The topological polar surface area (TPSA) is 26.3 Å². The van der Waals surface area contributed by atoms with Crippen LogP contribution < -0.4 is 0 Å². The molecule has 0 aliphatic heterocycles. The number of ether oxygens (including phenoxy) is 1. The number of esters is 1. The monoisotopic (exact) mass is 623 g/mol. The zero-order valence-electron chi connectivity index (χ0n) is 30.9. The lowest BCUT2D eigenvalue weighted by Gasteiger charge is -2.58. The van der Waals surface area contributed by atoms with Crippen molar-refractivity contribution in [2.75, 3.05) is 0 Å². The lowest BCUT2D eigenvalue weighted by atomic mass is 9.47. The van der Waals surface area contributed by atoms with Crippen LogP contribution in [-0.2, 0) is 9.53 Å². The van der Waals surface area contributed by atoms with Gasteiger partial charge in [-0.2, -0.15) is 0 Å². The van der Waals surface area contributed by atoms with Crippen molar-refractivity contribution in [1.29, 1.82) is 0 Å². The number of carbonyl (C=O) groups is 1. The summed E-state index contributed by atoms with van der Waals surface area (Å²) in [7, 11) is 0. The average Bonchev–Trinajstić information content (AvgIpc) is 3.37. The summed E-state index contributed by atoms with van der Waals surface area (Å²) in [5.74, 6) is 5.32. The number of hydrogen-bond donors (Lipinski definition) is 0. The zero-order chi connectivity index (χ0) is 32.3. The molecule has 258 valence electrons. The van der Waals surface area contributed by atoms with E-state index in [1.807, 2.05) is 0 Å². The molecular formula is C43H74O2. The third kappa shape index (κ3) is 9.75. The molecule has 2 heteroatoms. The molecule has 0 radical (unpaired) electrons. The van der Waals surface area contributed by atoms with E-state index in [4.69, 9.17) is 4.74 Å². The molecule has 0 spiro atoms. The molecule has 0 aromatic heterocycles. The molecule has 0 N–H and O–H groups in total. The van der Waals surface area contributed by atoms with Gasteiger partial charge in [-0.05, 0) is 123 Å². The Hall–Kier alpha value is -1.05. The molecule has 0 aromatic rings. The van der Waals surface area contributed by atoms with E-state index in [0.717, 1.165) is 61.2 Å². The van der Waals surface area contributed by atoms with Crippen LogP contribution in [0, 0.1) is 46.3 Å². The van der Waals surface area contributed by atoms with Gasteiger partial charge >= 0.3 is 5.97 Å². The second-order valence-electron chi connectivity index (χ2n) is 17.3. The van der Waals surface area contributed by atoms with E-state index in [9.17, 15) is 4.79 Å². The number of allylic oxidation sites excluding steroid dienone is 3. The molecule has 8 unspecified atom stereocenters. The van der Waals surface area contributed by atoms with Crippen LogP contribution in [0.25, 0.3) is 0 Å². The molecule has 0 saturated heterocycles. The van der Waals surface area contributed by atoms with Crippen LogP contribution in [0.2, 0.25) is 0 Å². The van der Waals surface area contributed by atoms with Gasteiger partial charge in [-0.25, -0.2) is 0 Å². The largest absolute Gasteiger partial charge is 0.462 e. The van der Waals surface area contributed by atoms with Crippen molar-refractivity contribution < 1.29 is 9.53 Å². The smallest absolute Gasteiger partial charge is 0.306 e. The fourth-order valence-electron chi connectivity index (χ4n) is 11.0. The predicted octanol–water partition coefficient (Wildman–Crippen LogP) is 13.2. The maximum absolute atomic E-state index is 12.8. The lowest BCUT2D eigenvalue weighted by molar-refractivity contribution is -0.151. The standard InChI is InChI=1S/C43H74O2/c1-7-8-9-10-11-12-13-14-15-16-17-18-19-23-41(44)45-36-28-30-42(5)35(32-36)24-25-37-39-27-26-38(34(4)22-20-21-33(2)3)43(39,6)31-29-40(37)42/h12-13,24,33-34,36-40H,7-11,14-23,25-32H2,1-6H3. The minimum atomic E-state index is 0.0526. The second-order valence-corrected chi connectivity index (χ2v) is 17.3. The highest BCUT2D eigenvalue weighted by Crippen LogP contribution is 2.67. The highest BCUT2D eigenvalue weighted by atomic mass is 16.5. The fraction of sp³-hybridized carbons (Fsp3) is 0.884. The molecule has 0 heterocycles. The summed E-state index contributed by atoms with van der Waals surface area (Å²) in [4.78, 5) is 12.8. The maximum atomic E-state index is 12.8. The highest BCUT2D eigenvalue weighted by Gasteiger charge is 2.59. The Morgan fingerprint density at radius 3 is 2.29 bits per heavy atom. The molecule has 0 amide bonds. The molecule has 3 saturated carbocycles. The van der Waals surface area contributed by atoms with Crippen molar-refractivity contribution in [2.24, 2.45) is 46.3 Å². The van der Waals surface area contributed by atoms with Gasteiger partial charge in [-0.1, -0.05) is 123 Å². The Bertz CT molecular complexity index is 945. The van der Waals surface area contributed by atoms with Crippen molar-refractivity contribution in [3.8, 4) is 0 Å². The van der Waals surface area contributed by atoms with Crippen LogP contribution in [0.4, 0.5) is 0 Å². The summed E-state index contributed by atoms with van der Waals surface area (Å²) in [6.07, 6.45) is 36.5. The van der Waals surface area contributed by atoms with Gasteiger partial charge in [0.25, 0.3) is 0 Å². The van der Waals surface area contributed by atoms with Gasteiger partial charge in [0, 0.05) is 12.8 Å². The van der Waals surface area contributed by atoms with E-state index in [-0.39, 0.29) is 12.1 Å². The minimum Gasteiger partial charge on any atom is -0.462 e. The van der Waals surface area contributed by atoms with Crippen LogP contribution in [0.5, 0.6) is 0 Å². The third-order valence-electron chi connectivity index (χ3n) is 13.7. The Morgan fingerprint density at radius 2 is 1.56 bits per heavy atom. The van der Waals surface area contributed by atoms with Crippen molar-refractivity contribution in [2.45, 2.75) is 195 Å². The molecular weight excluding hydrogens is 548 g/mol. The first-order valence-electron chi connectivity index (χ1n) is 20.2. The minimum absolute atomic E-state index is 0.0526. The maximum Gasteiger partial charge on any atom is 0.306 e. The van der Waals surface area contributed by atoms with Gasteiger partial charge in [0.15, 0.2) is 0 Å². The number of unbranched alkanes of at least 4 members (excludes halogenated alkanes) is 9. The molecule has 45 heavy (non-hydrogen) atoms. The lowest BCUT2D eigenvalue weighted by Crippen LogP contribution is -2.51. The summed E-state index contributed by atoms with van der Waals surface area (Å²) < 4.78 is 6.11. The quantitative estimate of drug-likeness (QED) is 0.0814. The summed E-state index contributed by atoms with van der Waals surface area (Å²) in [5.41, 5.74) is 2.53. The first-order chi connectivity index (χ1) is 21.7. The molecule has 0 aromatic carbocycles. The molecule has 2 nitrogen and oxygen atoms in total. The fourth-order valence-corrected chi connectivity index (χ4v) is 11.0. The van der Waals surface area contributed by atoms with Crippen LogP contribution in [0.1, 0.15) is 189 Å². The Labute approximate surface area is 280 Å². The normalized spacial score (nSPS) is 33.5. The first kappa shape index (κ1) is 36.8. The molecule has 4 aliphatic carbocycles. The van der Waals surface area contributed by atoms with Crippen LogP contribution in [0.3, 0.4) is 0 Å². The van der Waals surface area contributed by atoms with Gasteiger partial charge in [0.2, 0.25) is 0 Å². The van der Waals surface area contributed by atoms with E-state index in [0.29, 0.717) is 17.3 Å². The van der Waals surface area contributed by atoms with Crippen molar-refractivity contribution in [3.63, 3.8) is 0 Å². The van der Waals surface area contributed by atoms with E-state index in [1.54, 1.807) is 5.57 Å². The van der Waals surface area contributed by atoms with Gasteiger partial charge in [-0.3, -0.25) is 4.79 Å². The van der Waals surface area contributed by atoms with Crippen LogP contribution in [0.15, 0.2) is 23.8 Å². The molecule has 4 aliphatic rings. The Kier molecular flexibility index (Phi) is 14.6. The van der Waals surface area contributed by atoms with E-state index >= 15 is 0 Å². The first-order valence-corrected chi connectivity index (χ1v) is 20.2. The molecule has 3 fully saturated rings. The van der Waals surface area contributed by atoms with Gasteiger partial charge < -0.3 is 4.74 Å². The van der Waals surface area contributed by atoms with Gasteiger partial charge in [0.05, 0.1) is 0 Å². The summed E-state index contributed by atoms with van der Waals surface area (Å²) >= 11 is 0. The van der Waals surface area contributed by atoms with Crippen molar-refractivity contribution >= 4 is 5.97 Å². The molecule has 8 atom stereocenters. The highest BCUT2D eigenvalue weighted by molar-refractivity contribution is 5.69. The number of fused-ring (bicyclic) bond motifs is 5. The van der Waals surface area contributed by atoms with Crippen LogP contribution >= 0.6 is 0 Å². The zero-order valence-corrected chi connectivity index (χ0v) is 30.9. The number of hydrogen-bond acceptors (Lipinski definition) is 2. The second kappa shape index (κ2) is 17.9. The van der Waals surface area contributed by atoms with E-state index in [2.05, 4.69) is 59.8 Å². The number of carbonyl (C=O) groups excluding carboxylic acids is 1. The molecule has 0 bridgehead atoms. The Morgan fingerprint density at radius 1 is 0.844 bits per heavy atom. The van der Waals surface area contributed by atoms with Crippen molar-refractivity contribution in [1.82, 2.24) is 0 Å². The average molecular weight is 623 g/mol. The van der Waals surface area contributed by atoms with E-state index in [1.165, 1.54) is 116 Å². The summed E-state index contributed by atoms with van der Waals surface area (Å²) in [5, 5.41) is 0. The Balaban J connectivity index is 1.16. The van der Waals surface area contributed by atoms with Crippen LogP contribution in [-0.4, -0.2) is 12.1 Å². The SMILES string of the molecule is CCCCCCC=CCCCCCCCC(=O)OC1CCC2(C)C(=CCC3C2CCC2(C)C(C(C)CCCC(C)C)CCC32)C1. The summed E-state index contributed by atoms with van der Waals surface area (Å²) in [6.45, 7) is 14.9. The van der Waals surface area contributed by atoms with Gasteiger partial charge in [0.1, 0.15) is 6.10 Å².